The number of rotatable bonds is 6. The first-order chi connectivity index (χ1) is 9.38. The van der Waals surface area contributed by atoms with Crippen molar-refractivity contribution >= 4 is 6.08 Å². The van der Waals surface area contributed by atoms with Gasteiger partial charge in [-0.05, 0) is 5.56 Å². The van der Waals surface area contributed by atoms with E-state index < -0.39 is 0 Å². The first-order valence-electron chi connectivity index (χ1n) is 6.55. The summed E-state index contributed by atoms with van der Waals surface area (Å²) < 4.78 is 5.66. The predicted molar refractivity (Wildman–Crippen MR) is 72.2 cm³/mol. The molecule has 5 nitrogen and oxygen atoms in total. The first-order valence-corrected chi connectivity index (χ1v) is 6.55. The Morgan fingerprint density at radius 3 is 2.58 bits per heavy atom. The van der Waals surface area contributed by atoms with Crippen LogP contribution in [0.15, 0.2) is 35.4 Å². The number of ether oxygens (including phenoxy) is 1. The van der Waals surface area contributed by atoms with Crippen LogP contribution in [0.1, 0.15) is 5.56 Å². The van der Waals surface area contributed by atoms with Crippen LogP contribution in [0, 0.1) is 0 Å². The van der Waals surface area contributed by atoms with Gasteiger partial charge in [-0.25, -0.2) is 4.79 Å². The molecule has 0 unspecified atom stereocenters. The maximum absolute atomic E-state index is 10.1. The smallest absolute Gasteiger partial charge is 0.258 e. The van der Waals surface area contributed by atoms with Crippen LogP contribution in [-0.4, -0.2) is 55.3 Å². The van der Waals surface area contributed by atoms with E-state index in [2.05, 4.69) is 22.1 Å². The third-order valence-corrected chi connectivity index (χ3v) is 3.19. The molecule has 0 N–H and O–H groups in total. The fraction of sp³-hybridized carbons (Fsp3) is 0.500. The van der Waals surface area contributed by atoms with E-state index in [1.807, 2.05) is 18.2 Å². The Bertz CT molecular complexity index is 410. The van der Waals surface area contributed by atoms with Crippen LogP contribution in [0.4, 0.5) is 0 Å². The minimum absolute atomic E-state index is 0.663. The van der Waals surface area contributed by atoms with E-state index in [-0.39, 0.29) is 0 Å². The lowest BCUT2D eigenvalue weighted by Gasteiger charge is -2.31. The van der Waals surface area contributed by atoms with Crippen LogP contribution < -0.4 is 0 Å². The van der Waals surface area contributed by atoms with Gasteiger partial charge in [0.15, 0.2) is 0 Å². The number of nitrogens with zero attached hydrogens (tertiary/aromatic N) is 3. The van der Waals surface area contributed by atoms with E-state index in [0.717, 1.165) is 39.3 Å². The second-order valence-corrected chi connectivity index (χ2v) is 4.52. The number of hydrazone groups is 1. The Kier molecular flexibility index (Phi) is 5.56. The molecule has 1 aromatic rings. The third-order valence-electron chi connectivity index (χ3n) is 3.19. The van der Waals surface area contributed by atoms with Gasteiger partial charge in [0, 0.05) is 32.7 Å². The van der Waals surface area contributed by atoms with Crippen molar-refractivity contribution in [2.45, 2.75) is 6.61 Å². The highest BCUT2D eigenvalue weighted by molar-refractivity contribution is 5.32. The minimum atomic E-state index is 0.663. The van der Waals surface area contributed by atoms with E-state index in [9.17, 15) is 4.79 Å². The zero-order valence-corrected chi connectivity index (χ0v) is 11.0. The van der Waals surface area contributed by atoms with Crippen LogP contribution in [0.2, 0.25) is 0 Å². The van der Waals surface area contributed by atoms with Crippen LogP contribution in [0.3, 0.4) is 0 Å². The van der Waals surface area contributed by atoms with E-state index in [1.54, 1.807) is 11.1 Å². The molecule has 0 bridgehead atoms. The molecule has 0 spiro atoms. The number of benzene rings is 1. The second-order valence-electron chi connectivity index (χ2n) is 4.52. The molecule has 1 fully saturated rings. The Balaban J connectivity index is 1.58. The summed E-state index contributed by atoms with van der Waals surface area (Å²) in [6, 6.07) is 10.2. The van der Waals surface area contributed by atoms with Crippen molar-refractivity contribution in [2.75, 3.05) is 39.3 Å². The summed E-state index contributed by atoms with van der Waals surface area (Å²) in [4.78, 5) is 12.5. The third kappa shape index (κ3) is 4.83. The molecular formula is C14H19N3O2. The molecule has 102 valence electrons. The number of isocyanates is 1. The summed E-state index contributed by atoms with van der Waals surface area (Å²) in [5.41, 5.74) is 1.20. The number of hydrogen-bond acceptors (Lipinski definition) is 5. The molecule has 0 amide bonds. The summed E-state index contributed by atoms with van der Waals surface area (Å²) in [7, 11) is 0. The Labute approximate surface area is 113 Å². The van der Waals surface area contributed by atoms with Crippen molar-refractivity contribution < 1.29 is 9.53 Å². The van der Waals surface area contributed by atoms with Crippen LogP contribution in [0.25, 0.3) is 0 Å². The Morgan fingerprint density at radius 1 is 1.16 bits per heavy atom. The van der Waals surface area contributed by atoms with Gasteiger partial charge in [-0.3, -0.25) is 9.91 Å². The molecule has 0 aromatic heterocycles. The topological polar surface area (TPSA) is 45.1 Å². The molecule has 1 aliphatic heterocycles. The maximum atomic E-state index is 10.1. The fourth-order valence-corrected chi connectivity index (χ4v) is 2.08. The van der Waals surface area contributed by atoms with Gasteiger partial charge < -0.3 is 4.74 Å². The van der Waals surface area contributed by atoms with Crippen molar-refractivity contribution in [2.24, 2.45) is 5.10 Å². The van der Waals surface area contributed by atoms with Gasteiger partial charge >= 0.3 is 0 Å². The number of hydrogen-bond donors (Lipinski definition) is 0. The molecule has 2 rings (SSSR count). The van der Waals surface area contributed by atoms with E-state index in [1.165, 1.54) is 5.56 Å². The molecule has 19 heavy (non-hydrogen) atoms. The van der Waals surface area contributed by atoms with Gasteiger partial charge in [-0.15, -0.1) is 0 Å². The monoisotopic (exact) mass is 261 g/mol. The number of carbonyl (C=O) groups excluding carboxylic acids is 1. The van der Waals surface area contributed by atoms with E-state index >= 15 is 0 Å². The Morgan fingerprint density at radius 2 is 1.89 bits per heavy atom. The summed E-state index contributed by atoms with van der Waals surface area (Å²) in [5, 5.41) is 5.38. The molecule has 1 saturated heterocycles. The standard InChI is InChI=1S/C14H19N3O2/c18-13-15-17-8-6-16(7-9-17)10-11-19-12-14-4-2-1-3-5-14/h1-5H,6-12H2. The predicted octanol–water partition coefficient (Wildman–Crippen LogP) is 1.07. The molecule has 0 aliphatic carbocycles. The second kappa shape index (κ2) is 7.69. The average molecular weight is 261 g/mol. The molecular weight excluding hydrogens is 242 g/mol. The molecule has 0 saturated carbocycles. The van der Waals surface area contributed by atoms with Crippen molar-refractivity contribution in [1.82, 2.24) is 9.91 Å². The molecule has 1 aromatic carbocycles. The lowest BCUT2D eigenvalue weighted by atomic mass is 10.2. The van der Waals surface area contributed by atoms with Crippen molar-refractivity contribution in [3.8, 4) is 0 Å². The number of piperazine rings is 1. The van der Waals surface area contributed by atoms with Crippen LogP contribution in [-0.2, 0) is 16.1 Å². The molecule has 0 atom stereocenters. The first kappa shape index (κ1) is 13.7. The summed E-state index contributed by atoms with van der Waals surface area (Å²) in [6.45, 7) is 5.72. The average Bonchev–Trinajstić information content (AvgIpc) is 2.47. The van der Waals surface area contributed by atoms with Crippen molar-refractivity contribution in [3.05, 3.63) is 35.9 Å². The highest BCUT2D eigenvalue weighted by atomic mass is 16.5. The summed E-state index contributed by atoms with van der Waals surface area (Å²) >= 11 is 0. The van der Waals surface area contributed by atoms with Gasteiger partial charge in [-0.2, -0.15) is 0 Å². The highest BCUT2D eigenvalue weighted by Crippen LogP contribution is 2.03. The lowest BCUT2D eigenvalue weighted by Crippen LogP contribution is -2.45. The van der Waals surface area contributed by atoms with Crippen molar-refractivity contribution in [1.29, 1.82) is 0 Å². The van der Waals surface area contributed by atoms with Gasteiger partial charge in [0.1, 0.15) is 0 Å². The zero-order valence-electron chi connectivity index (χ0n) is 11.0. The van der Waals surface area contributed by atoms with Gasteiger partial charge in [0.25, 0.3) is 6.08 Å². The quantitative estimate of drug-likeness (QED) is 0.436. The fourth-order valence-electron chi connectivity index (χ4n) is 2.08. The summed E-state index contributed by atoms with van der Waals surface area (Å²) in [6.07, 6.45) is 1.58. The minimum Gasteiger partial charge on any atom is -0.375 e. The lowest BCUT2D eigenvalue weighted by molar-refractivity contribution is 0.0692. The molecule has 1 aliphatic rings. The van der Waals surface area contributed by atoms with Crippen LogP contribution >= 0.6 is 0 Å². The van der Waals surface area contributed by atoms with Gasteiger partial charge in [0.2, 0.25) is 0 Å². The van der Waals surface area contributed by atoms with Crippen LogP contribution in [0.5, 0.6) is 0 Å². The highest BCUT2D eigenvalue weighted by Gasteiger charge is 2.14. The molecule has 1 heterocycles. The maximum Gasteiger partial charge on any atom is 0.258 e. The van der Waals surface area contributed by atoms with E-state index in [4.69, 9.17) is 4.74 Å². The van der Waals surface area contributed by atoms with Gasteiger partial charge in [-0.1, -0.05) is 35.4 Å². The molecule has 5 heteroatoms. The Hall–Kier alpha value is -1.68. The van der Waals surface area contributed by atoms with E-state index in [0.29, 0.717) is 6.61 Å². The zero-order chi connectivity index (χ0) is 13.3. The van der Waals surface area contributed by atoms with Gasteiger partial charge in [0.05, 0.1) is 13.2 Å². The largest absolute Gasteiger partial charge is 0.375 e. The SMILES string of the molecule is O=C=NN1CCN(CCOCc2ccccc2)CC1. The summed E-state index contributed by atoms with van der Waals surface area (Å²) in [5.74, 6) is 0. The van der Waals surface area contributed by atoms with Crippen molar-refractivity contribution in [3.63, 3.8) is 0 Å². The normalized spacial score (nSPS) is 16.1. The molecule has 0 radical (unpaired) electrons.